The summed E-state index contributed by atoms with van der Waals surface area (Å²) in [6.07, 6.45) is 3.91. The second-order valence-electron chi connectivity index (χ2n) is 6.75. The predicted molar refractivity (Wildman–Crippen MR) is 104 cm³/mol. The van der Waals surface area contributed by atoms with Gasteiger partial charge in [0.25, 0.3) is 5.91 Å². The molecule has 0 radical (unpaired) electrons. The maximum absolute atomic E-state index is 12.5. The number of carbonyl (C=O) groups excluding carboxylic acids is 1. The molecular weight excluding hydrogens is 338 g/mol. The lowest BCUT2D eigenvalue weighted by molar-refractivity contribution is 0.102. The summed E-state index contributed by atoms with van der Waals surface area (Å²) in [4.78, 5) is 21.3. The van der Waals surface area contributed by atoms with Crippen LogP contribution in [0.4, 0.5) is 5.69 Å². The van der Waals surface area contributed by atoms with E-state index >= 15 is 0 Å². The Morgan fingerprint density at radius 3 is 2.52 bits per heavy atom. The minimum absolute atomic E-state index is 0.201. The molecule has 1 saturated carbocycles. The van der Waals surface area contributed by atoms with E-state index in [1.807, 2.05) is 61.5 Å². The number of aryl methyl sites for hydroxylation is 1. The molecule has 0 aliphatic heterocycles. The van der Waals surface area contributed by atoms with E-state index < -0.39 is 0 Å². The highest BCUT2D eigenvalue weighted by Gasteiger charge is 2.27. The molecule has 1 aliphatic rings. The molecule has 0 saturated heterocycles. The molecule has 27 heavy (non-hydrogen) atoms. The number of aromatic nitrogens is 2. The number of ether oxygens (including phenoxy) is 1. The third kappa shape index (κ3) is 4.31. The number of nitrogens with zero attached hydrogens (tertiary/aromatic N) is 2. The van der Waals surface area contributed by atoms with Crippen LogP contribution in [-0.2, 0) is 6.61 Å². The fourth-order valence-corrected chi connectivity index (χ4v) is 2.82. The number of carbonyl (C=O) groups is 1. The normalized spacial score (nSPS) is 13.2. The highest BCUT2D eigenvalue weighted by atomic mass is 16.5. The zero-order valence-electron chi connectivity index (χ0n) is 15.2. The standard InChI is InChI=1S/C22H21N3O2/c1-15-20(13-23-21(24-15)17-7-8-17)22(26)25-18-9-11-19(12-10-18)27-14-16-5-3-2-4-6-16/h2-6,9-13,17H,7-8,14H2,1H3,(H,25,26). The van der Waals surface area contributed by atoms with Crippen molar-refractivity contribution >= 4 is 11.6 Å². The summed E-state index contributed by atoms with van der Waals surface area (Å²) < 4.78 is 5.76. The molecule has 0 spiro atoms. The van der Waals surface area contributed by atoms with Crippen molar-refractivity contribution in [2.24, 2.45) is 0 Å². The van der Waals surface area contributed by atoms with Crippen molar-refractivity contribution in [1.82, 2.24) is 9.97 Å². The van der Waals surface area contributed by atoms with Crippen LogP contribution >= 0.6 is 0 Å². The zero-order valence-corrected chi connectivity index (χ0v) is 15.2. The summed E-state index contributed by atoms with van der Waals surface area (Å²) in [5.41, 5.74) is 3.04. The summed E-state index contributed by atoms with van der Waals surface area (Å²) >= 11 is 0. The van der Waals surface area contributed by atoms with E-state index in [1.54, 1.807) is 6.20 Å². The lowest BCUT2D eigenvalue weighted by atomic mass is 10.2. The van der Waals surface area contributed by atoms with Gasteiger partial charge in [0.1, 0.15) is 18.2 Å². The number of nitrogens with one attached hydrogen (secondary N) is 1. The zero-order chi connectivity index (χ0) is 18.6. The number of rotatable bonds is 6. The molecule has 1 aromatic heterocycles. The first kappa shape index (κ1) is 17.2. The number of hydrogen-bond donors (Lipinski definition) is 1. The summed E-state index contributed by atoms with van der Waals surface area (Å²) in [6, 6.07) is 17.3. The number of hydrogen-bond acceptors (Lipinski definition) is 4. The van der Waals surface area contributed by atoms with Crippen molar-refractivity contribution in [1.29, 1.82) is 0 Å². The van der Waals surface area contributed by atoms with E-state index in [9.17, 15) is 4.79 Å². The average Bonchev–Trinajstić information content (AvgIpc) is 3.53. The molecule has 2 aromatic carbocycles. The van der Waals surface area contributed by atoms with Gasteiger partial charge in [0.2, 0.25) is 0 Å². The predicted octanol–water partition coefficient (Wildman–Crippen LogP) is 4.49. The van der Waals surface area contributed by atoms with Crippen LogP contribution in [0.25, 0.3) is 0 Å². The van der Waals surface area contributed by atoms with Gasteiger partial charge in [0, 0.05) is 17.8 Å². The quantitative estimate of drug-likeness (QED) is 0.704. The molecule has 1 heterocycles. The minimum Gasteiger partial charge on any atom is -0.489 e. The van der Waals surface area contributed by atoms with Crippen molar-refractivity contribution in [3.63, 3.8) is 0 Å². The van der Waals surface area contributed by atoms with Gasteiger partial charge in [-0.3, -0.25) is 4.79 Å². The molecule has 3 aromatic rings. The van der Waals surface area contributed by atoms with E-state index in [0.717, 1.165) is 30.0 Å². The van der Waals surface area contributed by atoms with Crippen LogP contribution in [0.2, 0.25) is 0 Å². The lowest BCUT2D eigenvalue weighted by Crippen LogP contribution is -2.15. The third-order valence-electron chi connectivity index (χ3n) is 4.55. The first-order chi connectivity index (χ1) is 13.2. The molecule has 1 fully saturated rings. The van der Waals surface area contributed by atoms with E-state index in [4.69, 9.17) is 4.74 Å². The topological polar surface area (TPSA) is 64.1 Å². The van der Waals surface area contributed by atoms with Crippen molar-refractivity contribution in [2.75, 3.05) is 5.32 Å². The molecule has 0 bridgehead atoms. The van der Waals surface area contributed by atoms with Gasteiger partial charge in [-0.05, 0) is 49.6 Å². The van der Waals surface area contributed by atoms with Gasteiger partial charge in [-0.1, -0.05) is 30.3 Å². The van der Waals surface area contributed by atoms with Gasteiger partial charge < -0.3 is 10.1 Å². The first-order valence-corrected chi connectivity index (χ1v) is 9.11. The largest absolute Gasteiger partial charge is 0.489 e. The fourth-order valence-electron chi connectivity index (χ4n) is 2.82. The van der Waals surface area contributed by atoms with E-state index in [2.05, 4.69) is 15.3 Å². The number of amides is 1. The van der Waals surface area contributed by atoms with Crippen LogP contribution in [0.3, 0.4) is 0 Å². The monoisotopic (exact) mass is 359 g/mol. The third-order valence-corrected chi connectivity index (χ3v) is 4.55. The van der Waals surface area contributed by atoms with Crippen molar-refractivity contribution in [2.45, 2.75) is 32.3 Å². The van der Waals surface area contributed by atoms with E-state index in [1.165, 1.54) is 0 Å². The summed E-state index contributed by atoms with van der Waals surface area (Å²) in [5, 5.41) is 2.89. The Morgan fingerprint density at radius 2 is 1.85 bits per heavy atom. The Kier molecular flexibility index (Phi) is 4.83. The second kappa shape index (κ2) is 7.58. The van der Waals surface area contributed by atoms with Crippen LogP contribution in [0.1, 0.15) is 46.2 Å². The van der Waals surface area contributed by atoms with Crippen LogP contribution in [0, 0.1) is 6.92 Å². The molecule has 136 valence electrons. The molecule has 4 rings (SSSR count). The lowest BCUT2D eigenvalue weighted by Gasteiger charge is -2.10. The van der Waals surface area contributed by atoms with Gasteiger partial charge in [-0.25, -0.2) is 9.97 Å². The minimum atomic E-state index is -0.201. The maximum atomic E-state index is 12.5. The molecule has 1 amide bonds. The van der Waals surface area contributed by atoms with Crippen molar-refractivity contribution in [3.05, 3.63) is 83.4 Å². The highest BCUT2D eigenvalue weighted by Crippen LogP contribution is 2.37. The molecular formula is C22H21N3O2. The Balaban J connectivity index is 1.37. The molecule has 5 nitrogen and oxygen atoms in total. The van der Waals surface area contributed by atoms with Crippen LogP contribution in [0.5, 0.6) is 5.75 Å². The Hall–Kier alpha value is -3.21. The van der Waals surface area contributed by atoms with E-state index in [0.29, 0.717) is 29.5 Å². The summed E-state index contributed by atoms with van der Waals surface area (Å²) in [6.45, 7) is 2.36. The Bertz CT molecular complexity index is 936. The van der Waals surface area contributed by atoms with Crippen LogP contribution in [-0.4, -0.2) is 15.9 Å². The molecule has 5 heteroatoms. The smallest absolute Gasteiger partial charge is 0.259 e. The number of anilines is 1. The SMILES string of the molecule is Cc1nc(C2CC2)ncc1C(=O)Nc1ccc(OCc2ccccc2)cc1. The van der Waals surface area contributed by atoms with Gasteiger partial charge in [0.05, 0.1) is 11.3 Å². The summed E-state index contributed by atoms with van der Waals surface area (Å²) in [5.74, 6) is 1.88. The highest BCUT2D eigenvalue weighted by molar-refractivity contribution is 6.04. The fraction of sp³-hybridized carbons (Fsp3) is 0.227. The first-order valence-electron chi connectivity index (χ1n) is 9.11. The maximum Gasteiger partial charge on any atom is 0.259 e. The average molecular weight is 359 g/mol. The second-order valence-corrected chi connectivity index (χ2v) is 6.75. The van der Waals surface area contributed by atoms with Gasteiger partial charge in [0.15, 0.2) is 0 Å². The Labute approximate surface area is 158 Å². The van der Waals surface area contributed by atoms with Crippen molar-refractivity contribution < 1.29 is 9.53 Å². The summed E-state index contributed by atoms with van der Waals surface area (Å²) in [7, 11) is 0. The van der Waals surface area contributed by atoms with Gasteiger partial charge >= 0.3 is 0 Å². The van der Waals surface area contributed by atoms with Gasteiger partial charge in [-0.15, -0.1) is 0 Å². The van der Waals surface area contributed by atoms with Gasteiger partial charge in [-0.2, -0.15) is 0 Å². The van der Waals surface area contributed by atoms with E-state index in [-0.39, 0.29) is 5.91 Å². The molecule has 0 unspecified atom stereocenters. The molecule has 1 aliphatic carbocycles. The number of benzene rings is 2. The Morgan fingerprint density at radius 1 is 1.11 bits per heavy atom. The van der Waals surface area contributed by atoms with Crippen molar-refractivity contribution in [3.8, 4) is 5.75 Å². The molecule has 0 atom stereocenters. The van der Waals surface area contributed by atoms with Crippen LogP contribution < -0.4 is 10.1 Å². The van der Waals surface area contributed by atoms with Crippen LogP contribution in [0.15, 0.2) is 60.8 Å². The molecule has 1 N–H and O–H groups in total.